The maximum absolute atomic E-state index is 4.99. The molecule has 0 heterocycles. The molecule has 0 atom stereocenters. The highest BCUT2D eigenvalue weighted by atomic mass is 14.7. The van der Waals surface area contributed by atoms with Crippen LogP contribution in [0.3, 0.4) is 0 Å². The zero-order chi connectivity index (χ0) is 6.53. The van der Waals surface area contributed by atoms with Gasteiger partial charge in [0, 0.05) is 6.72 Å². The van der Waals surface area contributed by atoms with E-state index in [4.69, 9.17) is 6.72 Å². The second-order valence-corrected chi connectivity index (χ2v) is 1.83. The molecule has 0 aliphatic rings. The van der Waals surface area contributed by atoms with Gasteiger partial charge in [-0.15, -0.1) is 0 Å². The van der Waals surface area contributed by atoms with Gasteiger partial charge < -0.3 is 0 Å². The predicted molar refractivity (Wildman–Crippen MR) is 38.6 cm³/mol. The normalized spacial score (nSPS) is 8.89. The van der Waals surface area contributed by atoms with Gasteiger partial charge in [0.2, 0.25) is 0 Å². The highest BCUT2D eigenvalue weighted by Gasteiger charge is 1.82. The lowest BCUT2D eigenvalue weighted by molar-refractivity contribution is 1.08. The van der Waals surface area contributed by atoms with Gasteiger partial charge in [-0.3, -0.25) is 4.99 Å². The SMILES string of the molecule is [CH]=NCc1ccccc1. The summed E-state index contributed by atoms with van der Waals surface area (Å²) >= 11 is 0. The Hall–Kier alpha value is -1.11. The van der Waals surface area contributed by atoms with Crippen LogP contribution in [0, 0.1) is 0 Å². The fourth-order valence-corrected chi connectivity index (χ4v) is 0.689. The van der Waals surface area contributed by atoms with Gasteiger partial charge in [0.1, 0.15) is 0 Å². The Morgan fingerprint density at radius 2 is 1.89 bits per heavy atom. The van der Waals surface area contributed by atoms with E-state index in [1.54, 1.807) is 0 Å². The number of aliphatic imine (C=N–C) groups is 1. The monoisotopic (exact) mass is 118 g/mol. The average molecular weight is 118 g/mol. The zero-order valence-electron chi connectivity index (χ0n) is 5.12. The first-order chi connectivity index (χ1) is 4.43. The Bertz CT molecular complexity index is 179. The number of nitrogens with zero attached hydrogens (tertiary/aromatic N) is 1. The second-order valence-electron chi connectivity index (χ2n) is 1.83. The van der Waals surface area contributed by atoms with Crippen LogP contribution < -0.4 is 0 Å². The summed E-state index contributed by atoms with van der Waals surface area (Å²) in [6.45, 7) is 5.60. The molecular formula is C8H8N. The lowest BCUT2D eigenvalue weighted by Gasteiger charge is -1.90. The molecule has 0 aromatic heterocycles. The van der Waals surface area contributed by atoms with Crippen molar-refractivity contribution in [2.75, 3.05) is 0 Å². The van der Waals surface area contributed by atoms with Gasteiger partial charge in [0.25, 0.3) is 0 Å². The molecule has 0 N–H and O–H groups in total. The molecule has 1 nitrogen and oxygen atoms in total. The summed E-state index contributed by atoms with van der Waals surface area (Å²) < 4.78 is 0. The van der Waals surface area contributed by atoms with E-state index in [1.807, 2.05) is 30.3 Å². The fraction of sp³-hybridized carbons (Fsp3) is 0.125. The lowest BCUT2D eigenvalue weighted by Crippen LogP contribution is -1.76. The van der Waals surface area contributed by atoms with E-state index >= 15 is 0 Å². The molecule has 0 fully saturated rings. The third-order valence-electron chi connectivity index (χ3n) is 1.12. The summed E-state index contributed by atoms with van der Waals surface area (Å²) in [4.78, 5) is 3.51. The molecule has 1 radical (unpaired) electrons. The quantitative estimate of drug-likeness (QED) is 0.525. The summed E-state index contributed by atoms with van der Waals surface area (Å²) in [6, 6.07) is 9.91. The van der Waals surface area contributed by atoms with Crippen molar-refractivity contribution in [2.45, 2.75) is 6.54 Å². The van der Waals surface area contributed by atoms with Gasteiger partial charge in [0.15, 0.2) is 0 Å². The van der Waals surface area contributed by atoms with Crippen LogP contribution in [-0.2, 0) is 6.54 Å². The van der Waals surface area contributed by atoms with Crippen molar-refractivity contribution in [1.29, 1.82) is 0 Å². The predicted octanol–water partition coefficient (Wildman–Crippen LogP) is 1.76. The van der Waals surface area contributed by atoms with Gasteiger partial charge in [-0.25, -0.2) is 0 Å². The molecule has 0 amide bonds. The molecule has 0 aliphatic heterocycles. The first-order valence-electron chi connectivity index (χ1n) is 2.84. The largest absolute Gasteiger partial charge is 0.287 e. The third-order valence-corrected chi connectivity index (χ3v) is 1.12. The second kappa shape index (κ2) is 3.02. The van der Waals surface area contributed by atoms with Crippen molar-refractivity contribution in [3.05, 3.63) is 35.9 Å². The van der Waals surface area contributed by atoms with Gasteiger partial charge in [-0.05, 0) is 5.56 Å². The standard InChI is InChI=1S/C8H8N/c1-9-7-8-5-3-2-4-6-8/h1-6H,7H2. The van der Waals surface area contributed by atoms with Crippen LogP contribution >= 0.6 is 0 Å². The first-order valence-corrected chi connectivity index (χ1v) is 2.84. The topological polar surface area (TPSA) is 12.4 Å². The third kappa shape index (κ3) is 1.68. The molecule has 1 heteroatoms. The van der Waals surface area contributed by atoms with Crippen molar-refractivity contribution in [3.8, 4) is 0 Å². The number of hydrogen-bond donors (Lipinski definition) is 0. The van der Waals surface area contributed by atoms with Gasteiger partial charge in [0.05, 0.1) is 6.54 Å². The van der Waals surface area contributed by atoms with Crippen LogP contribution in [0.2, 0.25) is 0 Å². The number of hydrogen-bond acceptors (Lipinski definition) is 1. The Morgan fingerprint density at radius 3 is 2.44 bits per heavy atom. The highest BCUT2D eigenvalue weighted by Crippen LogP contribution is 1.98. The lowest BCUT2D eigenvalue weighted by atomic mass is 10.2. The zero-order valence-corrected chi connectivity index (χ0v) is 5.12. The van der Waals surface area contributed by atoms with E-state index < -0.39 is 0 Å². The molecular weight excluding hydrogens is 110 g/mol. The Morgan fingerprint density at radius 1 is 1.22 bits per heavy atom. The van der Waals surface area contributed by atoms with Crippen LogP contribution in [0.15, 0.2) is 35.3 Å². The molecule has 0 spiro atoms. The molecule has 1 aromatic carbocycles. The fourth-order valence-electron chi connectivity index (χ4n) is 0.689. The van der Waals surface area contributed by atoms with Crippen molar-refractivity contribution in [3.63, 3.8) is 0 Å². The average Bonchev–Trinajstić information content (AvgIpc) is 1.91. The Balaban J connectivity index is 2.72. The minimum atomic E-state index is 0.612. The molecule has 1 rings (SSSR count). The molecule has 0 saturated heterocycles. The summed E-state index contributed by atoms with van der Waals surface area (Å²) in [5.41, 5.74) is 1.15. The van der Waals surface area contributed by atoms with Crippen LogP contribution in [-0.4, -0.2) is 6.72 Å². The Labute approximate surface area is 55.1 Å². The van der Waals surface area contributed by atoms with E-state index in [9.17, 15) is 0 Å². The molecule has 9 heavy (non-hydrogen) atoms. The first kappa shape index (κ1) is 6.02. The molecule has 45 valence electrons. The van der Waals surface area contributed by atoms with E-state index in [-0.39, 0.29) is 0 Å². The van der Waals surface area contributed by atoms with Crippen LogP contribution in [0.4, 0.5) is 0 Å². The molecule has 0 aliphatic carbocycles. The van der Waals surface area contributed by atoms with Crippen LogP contribution in [0.25, 0.3) is 0 Å². The maximum atomic E-state index is 4.99. The molecule has 0 bridgehead atoms. The van der Waals surface area contributed by atoms with E-state index in [0.29, 0.717) is 6.54 Å². The smallest absolute Gasteiger partial charge is 0.0640 e. The summed E-state index contributed by atoms with van der Waals surface area (Å²) in [5, 5.41) is 0. The number of rotatable bonds is 2. The van der Waals surface area contributed by atoms with Gasteiger partial charge in [-0.2, -0.15) is 0 Å². The minimum absolute atomic E-state index is 0.612. The molecule has 0 saturated carbocycles. The van der Waals surface area contributed by atoms with Crippen LogP contribution in [0.1, 0.15) is 5.56 Å². The minimum Gasteiger partial charge on any atom is -0.287 e. The van der Waals surface area contributed by atoms with Crippen molar-refractivity contribution in [1.82, 2.24) is 0 Å². The summed E-state index contributed by atoms with van der Waals surface area (Å²) in [7, 11) is 0. The van der Waals surface area contributed by atoms with Crippen molar-refractivity contribution >= 4 is 6.72 Å². The van der Waals surface area contributed by atoms with E-state index in [1.165, 1.54) is 0 Å². The summed E-state index contributed by atoms with van der Waals surface area (Å²) in [5.74, 6) is 0. The van der Waals surface area contributed by atoms with Crippen LogP contribution in [0.5, 0.6) is 0 Å². The van der Waals surface area contributed by atoms with Gasteiger partial charge in [-0.1, -0.05) is 30.3 Å². The summed E-state index contributed by atoms with van der Waals surface area (Å²) in [6.07, 6.45) is 0. The number of benzene rings is 1. The van der Waals surface area contributed by atoms with Gasteiger partial charge >= 0.3 is 0 Å². The maximum Gasteiger partial charge on any atom is 0.0640 e. The van der Waals surface area contributed by atoms with E-state index in [0.717, 1.165) is 5.56 Å². The Kier molecular flexibility index (Phi) is 2.02. The molecule has 1 aromatic rings. The highest BCUT2D eigenvalue weighted by molar-refractivity contribution is 5.25. The van der Waals surface area contributed by atoms with Crippen molar-refractivity contribution in [2.24, 2.45) is 4.99 Å². The molecule has 0 unspecified atom stereocenters. The van der Waals surface area contributed by atoms with Crippen molar-refractivity contribution < 1.29 is 0 Å². The van der Waals surface area contributed by atoms with E-state index in [2.05, 4.69) is 4.99 Å².